The highest BCUT2D eigenvalue weighted by atomic mass is 16.5. The molecular weight excluding hydrogens is 252 g/mol. The van der Waals surface area contributed by atoms with Crippen LogP contribution in [-0.2, 0) is 11.3 Å². The minimum absolute atomic E-state index is 0.734. The zero-order valence-electron chi connectivity index (χ0n) is 11.3. The van der Waals surface area contributed by atoms with Crippen LogP contribution in [0.3, 0.4) is 0 Å². The first-order valence-corrected chi connectivity index (χ1v) is 6.82. The van der Waals surface area contributed by atoms with Gasteiger partial charge in [0.1, 0.15) is 6.33 Å². The first kappa shape index (κ1) is 12.9. The summed E-state index contributed by atoms with van der Waals surface area (Å²) in [5, 5.41) is 3.37. The van der Waals surface area contributed by atoms with E-state index < -0.39 is 0 Å². The van der Waals surface area contributed by atoms with E-state index in [-0.39, 0.29) is 0 Å². The molecule has 104 valence electrons. The molecule has 1 aromatic carbocycles. The Labute approximate surface area is 118 Å². The normalized spacial score (nSPS) is 15.1. The van der Waals surface area contributed by atoms with Gasteiger partial charge in [0.25, 0.3) is 0 Å². The third-order valence-corrected chi connectivity index (χ3v) is 3.35. The Bertz CT molecular complexity index is 523. The lowest BCUT2D eigenvalue weighted by Crippen LogP contribution is -2.36. The minimum atomic E-state index is 0.734. The summed E-state index contributed by atoms with van der Waals surface area (Å²) in [6.45, 7) is 4.29. The van der Waals surface area contributed by atoms with Gasteiger partial charge in [-0.05, 0) is 24.3 Å². The van der Waals surface area contributed by atoms with E-state index >= 15 is 0 Å². The second-order valence-electron chi connectivity index (χ2n) is 4.75. The lowest BCUT2D eigenvalue weighted by atomic mass is 10.2. The molecular formula is C15H18N4O. The molecule has 0 radical (unpaired) electrons. The van der Waals surface area contributed by atoms with Crippen LogP contribution in [0.2, 0.25) is 0 Å². The zero-order valence-corrected chi connectivity index (χ0v) is 11.3. The third-order valence-electron chi connectivity index (χ3n) is 3.35. The van der Waals surface area contributed by atoms with E-state index in [1.54, 1.807) is 6.33 Å². The fourth-order valence-corrected chi connectivity index (χ4v) is 2.24. The van der Waals surface area contributed by atoms with Crippen LogP contribution < -0.4 is 10.2 Å². The van der Waals surface area contributed by atoms with Gasteiger partial charge >= 0.3 is 0 Å². The number of nitrogens with zero attached hydrogens (tertiary/aromatic N) is 3. The Morgan fingerprint density at radius 2 is 1.75 bits per heavy atom. The number of nitrogens with one attached hydrogen (secondary N) is 1. The molecule has 2 aromatic rings. The second-order valence-corrected chi connectivity index (χ2v) is 4.75. The summed E-state index contributed by atoms with van der Waals surface area (Å²) in [7, 11) is 0. The number of hydrogen-bond acceptors (Lipinski definition) is 5. The van der Waals surface area contributed by atoms with Crippen molar-refractivity contribution in [3.63, 3.8) is 0 Å². The van der Waals surface area contributed by atoms with Crippen LogP contribution in [0.5, 0.6) is 0 Å². The van der Waals surface area contributed by atoms with Crippen molar-refractivity contribution in [1.29, 1.82) is 0 Å². The number of anilines is 2. The van der Waals surface area contributed by atoms with Crippen molar-refractivity contribution in [2.24, 2.45) is 0 Å². The van der Waals surface area contributed by atoms with E-state index in [1.165, 1.54) is 5.69 Å². The summed E-state index contributed by atoms with van der Waals surface area (Å²) in [4.78, 5) is 10.4. The lowest BCUT2D eigenvalue weighted by Gasteiger charge is -2.28. The average molecular weight is 270 g/mol. The molecule has 0 aliphatic carbocycles. The van der Waals surface area contributed by atoms with E-state index in [2.05, 4.69) is 44.5 Å². The monoisotopic (exact) mass is 270 g/mol. The van der Waals surface area contributed by atoms with E-state index in [0.717, 1.165) is 44.1 Å². The highest BCUT2D eigenvalue weighted by molar-refractivity contribution is 5.55. The number of morpholine rings is 1. The number of aromatic nitrogens is 2. The average Bonchev–Trinajstić information content (AvgIpc) is 2.55. The summed E-state index contributed by atoms with van der Waals surface area (Å²) in [5.74, 6) is 0. The molecule has 3 rings (SSSR count). The largest absolute Gasteiger partial charge is 0.381 e. The van der Waals surface area contributed by atoms with Crippen molar-refractivity contribution in [2.75, 3.05) is 36.5 Å². The Morgan fingerprint density at radius 1 is 1.05 bits per heavy atom. The summed E-state index contributed by atoms with van der Waals surface area (Å²) < 4.78 is 5.37. The predicted octanol–water partition coefficient (Wildman–Crippen LogP) is 1.93. The SMILES string of the molecule is c1ncc(CNc2ccc(N3CCOCC3)cc2)cn1. The molecule has 5 nitrogen and oxygen atoms in total. The van der Waals surface area contributed by atoms with Crippen molar-refractivity contribution in [3.05, 3.63) is 48.5 Å². The molecule has 0 bridgehead atoms. The van der Waals surface area contributed by atoms with Gasteiger partial charge in [-0.3, -0.25) is 0 Å². The molecule has 1 aromatic heterocycles. The van der Waals surface area contributed by atoms with Gasteiger partial charge < -0.3 is 15.0 Å². The van der Waals surface area contributed by atoms with Crippen LogP contribution in [0.15, 0.2) is 43.0 Å². The van der Waals surface area contributed by atoms with Crippen LogP contribution >= 0.6 is 0 Å². The summed E-state index contributed by atoms with van der Waals surface area (Å²) in [6.07, 6.45) is 5.19. The minimum Gasteiger partial charge on any atom is -0.381 e. The molecule has 1 saturated heterocycles. The maximum absolute atomic E-state index is 5.37. The van der Waals surface area contributed by atoms with Crippen molar-refractivity contribution < 1.29 is 4.74 Å². The van der Waals surface area contributed by atoms with E-state index in [0.29, 0.717) is 0 Å². The van der Waals surface area contributed by atoms with Crippen molar-refractivity contribution in [3.8, 4) is 0 Å². The maximum Gasteiger partial charge on any atom is 0.115 e. The molecule has 20 heavy (non-hydrogen) atoms. The fourth-order valence-electron chi connectivity index (χ4n) is 2.24. The molecule has 1 fully saturated rings. The molecule has 0 amide bonds. The van der Waals surface area contributed by atoms with Crippen LogP contribution in [0.4, 0.5) is 11.4 Å². The van der Waals surface area contributed by atoms with Gasteiger partial charge in [0, 0.05) is 49.0 Å². The van der Waals surface area contributed by atoms with Crippen LogP contribution in [-0.4, -0.2) is 36.3 Å². The number of rotatable bonds is 4. The van der Waals surface area contributed by atoms with E-state index in [1.807, 2.05) is 12.4 Å². The molecule has 2 heterocycles. The Morgan fingerprint density at radius 3 is 2.45 bits per heavy atom. The smallest absolute Gasteiger partial charge is 0.115 e. The Balaban J connectivity index is 1.58. The van der Waals surface area contributed by atoms with Gasteiger partial charge in [0.15, 0.2) is 0 Å². The molecule has 5 heteroatoms. The first-order chi connectivity index (χ1) is 9.92. The molecule has 0 spiro atoms. The molecule has 0 saturated carbocycles. The van der Waals surface area contributed by atoms with Gasteiger partial charge in [-0.2, -0.15) is 0 Å². The first-order valence-electron chi connectivity index (χ1n) is 6.82. The molecule has 1 aliphatic heterocycles. The van der Waals surface area contributed by atoms with Crippen LogP contribution in [0.1, 0.15) is 5.56 Å². The zero-order chi connectivity index (χ0) is 13.6. The van der Waals surface area contributed by atoms with Gasteiger partial charge in [0.05, 0.1) is 13.2 Å². The maximum atomic E-state index is 5.37. The van der Waals surface area contributed by atoms with Crippen molar-refractivity contribution >= 4 is 11.4 Å². The topological polar surface area (TPSA) is 50.3 Å². The predicted molar refractivity (Wildman–Crippen MR) is 78.8 cm³/mol. The van der Waals surface area contributed by atoms with Crippen molar-refractivity contribution in [2.45, 2.75) is 6.54 Å². The molecule has 0 atom stereocenters. The van der Waals surface area contributed by atoms with Crippen molar-refractivity contribution in [1.82, 2.24) is 9.97 Å². The highest BCUT2D eigenvalue weighted by Crippen LogP contribution is 2.19. The van der Waals surface area contributed by atoms with Gasteiger partial charge in [-0.15, -0.1) is 0 Å². The summed E-state index contributed by atoms with van der Waals surface area (Å²) in [6, 6.07) is 8.51. The van der Waals surface area contributed by atoms with Crippen LogP contribution in [0.25, 0.3) is 0 Å². The quantitative estimate of drug-likeness (QED) is 0.920. The summed E-state index contributed by atoms with van der Waals surface area (Å²) >= 11 is 0. The lowest BCUT2D eigenvalue weighted by molar-refractivity contribution is 0.122. The molecule has 0 unspecified atom stereocenters. The van der Waals surface area contributed by atoms with Gasteiger partial charge in [0.2, 0.25) is 0 Å². The van der Waals surface area contributed by atoms with Gasteiger partial charge in [-0.1, -0.05) is 0 Å². The third kappa shape index (κ3) is 3.24. The molecule has 1 N–H and O–H groups in total. The van der Waals surface area contributed by atoms with Crippen LogP contribution in [0, 0.1) is 0 Å². The number of ether oxygens (including phenoxy) is 1. The van der Waals surface area contributed by atoms with E-state index in [9.17, 15) is 0 Å². The van der Waals surface area contributed by atoms with E-state index in [4.69, 9.17) is 4.74 Å². The standard InChI is InChI=1S/C15H18N4O/c1-3-15(19-5-7-20-8-6-19)4-2-14(1)18-11-13-9-16-12-17-10-13/h1-4,9-10,12,18H,5-8,11H2. The van der Waals surface area contributed by atoms with Gasteiger partial charge in [-0.25, -0.2) is 9.97 Å². The highest BCUT2D eigenvalue weighted by Gasteiger charge is 2.10. The number of benzene rings is 1. The summed E-state index contributed by atoms with van der Waals surface area (Å²) in [5.41, 5.74) is 3.43. The Kier molecular flexibility index (Phi) is 4.08. The number of hydrogen-bond donors (Lipinski definition) is 1. The molecule has 1 aliphatic rings. The Hall–Kier alpha value is -2.14. The fraction of sp³-hybridized carbons (Fsp3) is 0.333. The second kappa shape index (κ2) is 6.34.